The van der Waals surface area contributed by atoms with Crippen molar-refractivity contribution in [1.82, 2.24) is 4.98 Å². The predicted octanol–water partition coefficient (Wildman–Crippen LogP) is 3.71. The van der Waals surface area contributed by atoms with Crippen molar-refractivity contribution in [3.05, 3.63) is 53.9 Å². The zero-order valence-electron chi connectivity index (χ0n) is 13.0. The molecular formula is C17H17N5O2. The minimum atomic E-state index is -0.343. The van der Waals surface area contributed by atoms with Crippen LogP contribution in [0.5, 0.6) is 0 Å². The smallest absolute Gasteiger partial charge is 0.308 e. The number of aldehydes is 1. The predicted molar refractivity (Wildman–Crippen MR) is 89.9 cm³/mol. The van der Waals surface area contributed by atoms with Crippen molar-refractivity contribution < 1.29 is 9.59 Å². The maximum Gasteiger partial charge on any atom is 0.323 e. The number of rotatable bonds is 5. The van der Waals surface area contributed by atoms with Crippen molar-refractivity contribution in [2.75, 3.05) is 10.6 Å². The summed E-state index contributed by atoms with van der Waals surface area (Å²) >= 11 is 0. The molecule has 7 heteroatoms. The average Bonchev–Trinajstić information content (AvgIpc) is 2.60. The summed E-state index contributed by atoms with van der Waals surface area (Å²) in [6, 6.07) is 8.69. The molecule has 1 aromatic heterocycles. The Balaban J connectivity index is 1.71. The molecule has 2 N–H and O–H groups in total. The van der Waals surface area contributed by atoms with Crippen LogP contribution in [0.2, 0.25) is 0 Å². The Kier molecular flexibility index (Phi) is 4.90. The summed E-state index contributed by atoms with van der Waals surface area (Å²) in [5.74, 6) is 0. The SMILES string of the molecule is O=CCCC1N=NCc2ccc(NC(=O)Nc3cccnc3)cc21. The number of carbonyl (C=O) groups is 2. The Hall–Kier alpha value is -3.09. The van der Waals surface area contributed by atoms with E-state index in [1.54, 1.807) is 24.5 Å². The minimum absolute atomic E-state index is 0.137. The van der Waals surface area contributed by atoms with Crippen LogP contribution < -0.4 is 10.6 Å². The molecule has 1 unspecified atom stereocenters. The van der Waals surface area contributed by atoms with Crippen LogP contribution in [-0.4, -0.2) is 17.3 Å². The summed E-state index contributed by atoms with van der Waals surface area (Å²) < 4.78 is 0. The third-order valence-electron chi connectivity index (χ3n) is 3.70. The second-order valence-electron chi connectivity index (χ2n) is 5.41. The number of benzene rings is 1. The summed E-state index contributed by atoms with van der Waals surface area (Å²) in [7, 11) is 0. The van der Waals surface area contributed by atoms with Crippen LogP contribution in [0.25, 0.3) is 0 Å². The fourth-order valence-corrected chi connectivity index (χ4v) is 2.57. The highest BCUT2D eigenvalue weighted by Gasteiger charge is 2.19. The highest BCUT2D eigenvalue weighted by Crippen LogP contribution is 2.32. The van der Waals surface area contributed by atoms with Gasteiger partial charge in [-0.05, 0) is 41.8 Å². The average molecular weight is 323 g/mol. The van der Waals surface area contributed by atoms with Crippen molar-refractivity contribution in [2.45, 2.75) is 25.4 Å². The Bertz CT molecular complexity index is 761. The lowest BCUT2D eigenvalue weighted by Gasteiger charge is -2.19. The first-order valence-corrected chi connectivity index (χ1v) is 7.67. The molecule has 0 bridgehead atoms. The van der Waals surface area contributed by atoms with Crippen molar-refractivity contribution in [3.8, 4) is 0 Å². The molecule has 1 atom stereocenters. The quantitative estimate of drug-likeness (QED) is 0.821. The number of nitrogens with one attached hydrogen (secondary N) is 2. The number of anilines is 2. The molecule has 3 rings (SSSR count). The van der Waals surface area contributed by atoms with E-state index in [9.17, 15) is 9.59 Å². The van der Waals surface area contributed by atoms with Crippen LogP contribution in [0.4, 0.5) is 16.2 Å². The summed E-state index contributed by atoms with van der Waals surface area (Å²) in [4.78, 5) is 26.6. The van der Waals surface area contributed by atoms with E-state index in [0.29, 0.717) is 30.8 Å². The zero-order valence-corrected chi connectivity index (χ0v) is 13.0. The monoisotopic (exact) mass is 323 g/mol. The van der Waals surface area contributed by atoms with Crippen molar-refractivity contribution in [1.29, 1.82) is 0 Å². The number of hydrogen-bond acceptors (Lipinski definition) is 5. The van der Waals surface area contributed by atoms with Gasteiger partial charge >= 0.3 is 6.03 Å². The molecule has 2 aromatic rings. The van der Waals surface area contributed by atoms with Gasteiger partial charge in [0.2, 0.25) is 0 Å². The van der Waals surface area contributed by atoms with Gasteiger partial charge in [-0.2, -0.15) is 10.2 Å². The van der Waals surface area contributed by atoms with E-state index in [1.807, 2.05) is 18.2 Å². The van der Waals surface area contributed by atoms with E-state index >= 15 is 0 Å². The number of pyridine rings is 1. The largest absolute Gasteiger partial charge is 0.323 e. The standard InChI is InChI=1S/C17H17N5O2/c23-8-2-4-16-15-9-13(6-5-12(15)10-19-22-16)20-17(24)21-14-3-1-7-18-11-14/h1,3,5-9,11,16H,2,4,10H2,(H2,20,21,24). The number of amides is 2. The molecule has 0 saturated heterocycles. The lowest BCUT2D eigenvalue weighted by molar-refractivity contribution is -0.108. The topological polar surface area (TPSA) is 95.8 Å². The Morgan fingerprint density at radius 2 is 2.12 bits per heavy atom. The zero-order chi connectivity index (χ0) is 16.8. The molecule has 122 valence electrons. The van der Waals surface area contributed by atoms with Crippen molar-refractivity contribution >= 4 is 23.7 Å². The van der Waals surface area contributed by atoms with Gasteiger partial charge in [-0.15, -0.1) is 0 Å². The van der Waals surface area contributed by atoms with Crippen LogP contribution in [0.1, 0.15) is 30.0 Å². The van der Waals surface area contributed by atoms with Gasteiger partial charge in [-0.1, -0.05) is 6.07 Å². The molecule has 1 aliphatic heterocycles. The number of fused-ring (bicyclic) bond motifs is 1. The first kappa shape index (κ1) is 15.8. The van der Waals surface area contributed by atoms with E-state index in [0.717, 1.165) is 17.4 Å². The molecular weight excluding hydrogens is 306 g/mol. The Morgan fingerprint density at radius 1 is 1.25 bits per heavy atom. The highest BCUT2D eigenvalue weighted by molar-refractivity contribution is 5.99. The molecule has 0 spiro atoms. The molecule has 0 saturated carbocycles. The normalized spacial score (nSPS) is 15.4. The van der Waals surface area contributed by atoms with Gasteiger partial charge in [0, 0.05) is 18.3 Å². The summed E-state index contributed by atoms with van der Waals surface area (Å²) in [5, 5.41) is 13.8. The Morgan fingerprint density at radius 3 is 2.92 bits per heavy atom. The second-order valence-corrected chi connectivity index (χ2v) is 5.41. The van der Waals surface area contributed by atoms with E-state index < -0.39 is 0 Å². The van der Waals surface area contributed by atoms with Crippen molar-refractivity contribution in [3.63, 3.8) is 0 Å². The highest BCUT2D eigenvalue weighted by atomic mass is 16.2. The molecule has 0 aliphatic carbocycles. The van der Waals surface area contributed by atoms with Crippen LogP contribution in [0.15, 0.2) is 53.0 Å². The molecule has 1 aromatic carbocycles. The van der Waals surface area contributed by atoms with Crippen LogP contribution >= 0.6 is 0 Å². The van der Waals surface area contributed by atoms with Gasteiger partial charge in [0.05, 0.1) is 24.5 Å². The van der Waals surface area contributed by atoms with Gasteiger partial charge in [-0.3, -0.25) is 4.98 Å². The number of hydrogen-bond donors (Lipinski definition) is 2. The minimum Gasteiger partial charge on any atom is -0.308 e. The van der Waals surface area contributed by atoms with E-state index in [-0.39, 0.29) is 12.1 Å². The van der Waals surface area contributed by atoms with Crippen molar-refractivity contribution in [2.24, 2.45) is 10.2 Å². The lowest BCUT2D eigenvalue weighted by atomic mass is 9.96. The number of urea groups is 1. The molecule has 2 heterocycles. The fraction of sp³-hybridized carbons (Fsp3) is 0.235. The van der Waals surface area contributed by atoms with E-state index in [4.69, 9.17) is 0 Å². The van der Waals surface area contributed by atoms with Gasteiger partial charge in [-0.25, -0.2) is 4.79 Å². The first-order chi connectivity index (χ1) is 11.8. The summed E-state index contributed by atoms with van der Waals surface area (Å²) in [6.45, 7) is 0.523. The van der Waals surface area contributed by atoms with Gasteiger partial charge in [0.15, 0.2) is 0 Å². The molecule has 24 heavy (non-hydrogen) atoms. The molecule has 0 fully saturated rings. The molecule has 2 amide bonds. The molecule has 1 aliphatic rings. The van der Waals surface area contributed by atoms with Crippen LogP contribution in [0, 0.1) is 0 Å². The maximum atomic E-state index is 12.1. The third-order valence-corrected chi connectivity index (χ3v) is 3.70. The maximum absolute atomic E-state index is 12.1. The van der Waals surface area contributed by atoms with Gasteiger partial charge in [0.1, 0.15) is 6.29 Å². The van der Waals surface area contributed by atoms with Crippen LogP contribution in [-0.2, 0) is 11.3 Å². The fourth-order valence-electron chi connectivity index (χ4n) is 2.57. The Labute approximate surface area is 139 Å². The molecule has 0 radical (unpaired) electrons. The number of nitrogens with zero attached hydrogens (tertiary/aromatic N) is 3. The third kappa shape index (κ3) is 3.81. The van der Waals surface area contributed by atoms with Gasteiger partial charge in [0.25, 0.3) is 0 Å². The first-order valence-electron chi connectivity index (χ1n) is 7.67. The van der Waals surface area contributed by atoms with Crippen LogP contribution in [0.3, 0.4) is 0 Å². The lowest BCUT2D eigenvalue weighted by Crippen LogP contribution is -2.20. The summed E-state index contributed by atoms with van der Waals surface area (Å²) in [6.07, 6.45) is 5.14. The molecule has 7 nitrogen and oxygen atoms in total. The van der Waals surface area contributed by atoms with E-state index in [2.05, 4.69) is 25.8 Å². The second kappa shape index (κ2) is 7.45. The van der Waals surface area contributed by atoms with Gasteiger partial charge < -0.3 is 15.4 Å². The number of azo groups is 1. The number of aromatic nitrogens is 1. The number of carbonyl (C=O) groups excluding carboxylic acids is 2. The summed E-state index contributed by atoms with van der Waals surface area (Å²) in [5.41, 5.74) is 3.36. The van der Waals surface area contributed by atoms with E-state index in [1.165, 1.54) is 0 Å².